The molecule has 1 heterocycles. The van der Waals surface area contributed by atoms with E-state index in [1.807, 2.05) is 18.2 Å². The molecule has 0 radical (unpaired) electrons. The number of H-pyrrole nitrogens is 1. The van der Waals surface area contributed by atoms with E-state index in [0.717, 1.165) is 24.1 Å². The molecule has 0 unspecified atom stereocenters. The second kappa shape index (κ2) is 7.25. The minimum Gasteiger partial charge on any atom is -0.391 e. The number of aromatic amines is 1. The van der Waals surface area contributed by atoms with Crippen LogP contribution in [0.5, 0.6) is 0 Å². The van der Waals surface area contributed by atoms with Gasteiger partial charge in [0.25, 0.3) is 0 Å². The lowest BCUT2D eigenvalue weighted by molar-refractivity contribution is 0.279. The zero-order chi connectivity index (χ0) is 14.4. The normalized spacial score (nSPS) is 11.1. The number of pyridine rings is 1. The molecule has 0 bridgehead atoms. The van der Waals surface area contributed by atoms with E-state index in [1.54, 1.807) is 6.07 Å². The molecular formula is C17H23NO2. The van der Waals surface area contributed by atoms with Gasteiger partial charge in [-0.3, -0.25) is 4.79 Å². The van der Waals surface area contributed by atoms with Crippen molar-refractivity contribution in [2.45, 2.75) is 52.1 Å². The van der Waals surface area contributed by atoms with E-state index >= 15 is 0 Å². The second-order valence-corrected chi connectivity index (χ2v) is 5.28. The van der Waals surface area contributed by atoms with Crippen molar-refractivity contribution in [3.8, 4) is 0 Å². The molecule has 3 heteroatoms. The molecule has 0 atom stereocenters. The van der Waals surface area contributed by atoms with Crippen LogP contribution in [0.2, 0.25) is 0 Å². The Bertz CT molecular complexity index is 616. The van der Waals surface area contributed by atoms with Gasteiger partial charge in [-0.2, -0.15) is 0 Å². The zero-order valence-corrected chi connectivity index (χ0v) is 12.1. The number of aliphatic hydroxyl groups is 1. The van der Waals surface area contributed by atoms with Gasteiger partial charge in [-0.1, -0.05) is 44.7 Å². The van der Waals surface area contributed by atoms with E-state index in [9.17, 15) is 9.90 Å². The van der Waals surface area contributed by atoms with Gasteiger partial charge in [0.2, 0.25) is 0 Å². The molecule has 0 fully saturated rings. The quantitative estimate of drug-likeness (QED) is 0.758. The maximum atomic E-state index is 12.3. The molecule has 0 saturated carbocycles. The minimum absolute atomic E-state index is 0.0367. The first kappa shape index (κ1) is 14.8. The lowest BCUT2D eigenvalue weighted by Crippen LogP contribution is -2.15. The highest BCUT2D eigenvalue weighted by Gasteiger charge is 2.10. The molecule has 0 aliphatic heterocycles. The summed E-state index contributed by atoms with van der Waals surface area (Å²) in [5.74, 6) is 0. The van der Waals surface area contributed by atoms with Crippen LogP contribution in [0.4, 0.5) is 0 Å². The summed E-state index contributed by atoms with van der Waals surface area (Å²) in [5.41, 5.74) is 2.25. The molecule has 3 nitrogen and oxygen atoms in total. The number of para-hydroxylation sites is 1. The minimum atomic E-state index is -0.190. The highest BCUT2D eigenvalue weighted by molar-refractivity contribution is 5.79. The third kappa shape index (κ3) is 3.28. The molecule has 0 aliphatic rings. The van der Waals surface area contributed by atoms with E-state index < -0.39 is 0 Å². The Labute approximate surface area is 119 Å². The highest BCUT2D eigenvalue weighted by Crippen LogP contribution is 2.14. The fourth-order valence-corrected chi connectivity index (χ4v) is 2.61. The zero-order valence-electron chi connectivity index (χ0n) is 12.1. The number of rotatable bonds is 7. The van der Waals surface area contributed by atoms with Gasteiger partial charge in [0.15, 0.2) is 5.43 Å². The van der Waals surface area contributed by atoms with Crippen LogP contribution in [-0.4, -0.2) is 10.1 Å². The number of aliphatic hydroxyl groups excluding tert-OH is 1. The van der Waals surface area contributed by atoms with Crippen LogP contribution in [0, 0.1) is 0 Å². The molecule has 2 N–H and O–H groups in total. The highest BCUT2D eigenvalue weighted by atomic mass is 16.3. The molecule has 1 aromatic heterocycles. The number of hydrogen-bond acceptors (Lipinski definition) is 2. The molecule has 0 saturated heterocycles. The van der Waals surface area contributed by atoms with Crippen molar-refractivity contribution in [3.63, 3.8) is 0 Å². The van der Waals surface area contributed by atoms with Crippen LogP contribution in [0.3, 0.4) is 0 Å². The maximum Gasteiger partial charge on any atom is 0.195 e. The molecule has 0 aliphatic carbocycles. The van der Waals surface area contributed by atoms with Crippen LogP contribution in [0.1, 0.15) is 50.3 Å². The number of aryl methyl sites for hydroxylation is 1. The van der Waals surface area contributed by atoms with Crippen LogP contribution in [0.25, 0.3) is 10.9 Å². The van der Waals surface area contributed by atoms with Gasteiger partial charge in [-0.25, -0.2) is 0 Å². The van der Waals surface area contributed by atoms with Crippen LogP contribution < -0.4 is 5.43 Å². The standard InChI is InChI=1S/C17H23NO2/c1-2-3-4-5-6-10-16-14(12-19)17(20)13-9-7-8-11-15(13)18-16/h7-9,11,19H,2-6,10,12H2,1H3,(H,18,20). The molecule has 0 amide bonds. The van der Waals surface area contributed by atoms with Crippen molar-refractivity contribution < 1.29 is 5.11 Å². The average Bonchev–Trinajstić information content (AvgIpc) is 2.47. The Morgan fingerprint density at radius 1 is 1.10 bits per heavy atom. The van der Waals surface area contributed by atoms with Crippen molar-refractivity contribution in [2.75, 3.05) is 0 Å². The van der Waals surface area contributed by atoms with Crippen LogP contribution in [0.15, 0.2) is 29.1 Å². The first-order valence-electron chi connectivity index (χ1n) is 7.51. The van der Waals surface area contributed by atoms with Crippen molar-refractivity contribution in [1.82, 2.24) is 4.98 Å². The largest absolute Gasteiger partial charge is 0.391 e. The van der Waals surface area contributed by atoms with Gasteiger partial charge in [-0.05, 0) is 25.0 Å². The summed E-state index contributed by atoms with van der Waals surface area (Å²) < 4.78 is 0. The molecule has 2 rings (SSSR count). The third-order valence-corrected chi connectivity index (χ3v) is 3.78. The van der Waals surface area contributed by atoms with Crippen molar-refractivity contribution in [3.05, 3.63) is 45.7 Å². The molecular weight excluding hydrogens is 250 g/mol. The summed E-state index contributed by atoms with van der Waals surface area (Å²) in [5, 5.41) is 10.1. The third-order valence-electron chi connectivity index (χ3n) is 3.78. The fraction of sp³-hybridized carbons (Fsp3) is 0.471. The summed E-state index contributed by atoms with van der Waals surface area (Å²) >= 11 is 0. The fourth-order valence-electron chi connectivity index (χ4n) is 2.61. The van der Waals surface area contributed by atoms with Gasteiger partial charge in [-0.15, -0.1) is 0 Å². The van der Waals surface area contributed by atoms with E-state index in [0.29, 0.717) is 10.9 Å². The number of benzene rings is 1. The van der Waals surface area contributed by atoms with Gasteiger partial charge >= 0.3 is 0 Å². The Morgan fingerprint density at radius 2 is 1.85 bits per heavy atom. The number of aromatic nitrogens is 1. The average molecular weight is 273 g/mol. The summed E-state index contributed by atoms with van der Waals surface area (Å²) in [6.45, 7) is 2.01. The molecule has 1 aromatic carbocycles. The van der Waals surface area contributed by atoms with E-state index in [1.165, 1.54) is 25.7 Å². The molecule has 2 aromatic rings. The summed E-state index contributed by atoms with van der Waals surface area (Å²) in [6.07, 6.45) is 6.80. The monoisotopic (exact) mass is 273 g/mol. The second-order valence-electron chi connectivity index (χ2n) is 5.28. The van der Waals surface area contributed by atoms with Gasteiger partial charge < -0.3 is 10.1 Å². The Morgan fingerprint density at radius 3 is 2.60 bits per heavy atom. The smallest absolute Gasteiger partial charge is 0.195 e. The number of hydrogen-bond donors (Lipinski definition) is 2. The Kier molecular flexibility index (Phi) is 5.36. The van der Waals surface area contributed by atoms with Gasteiger partial charge in [0.05, 0.1) is 6.61 Å². The van der Waals surface area contributed by atoms with E-state index in [2.05, 4.69) is 11.9 Å². The summed E-state index contributed by atoms with van der Waals surface area (Å²) in [4.78, 5) is 15.7. The van der Waals surface area contributed by atoms with Gasteiger partial charge in [0.1, 0.15) is 0 Å². The molecule has 20 heavy (non-hydrogen) atoms. The maximum absolute atomic E-state index is 12.3. The first-order chi connectivity index (χ1) is 9.77. The SMILES string of the molecule is CCCCCCCc1[nH]c2ccccc2c(=O)c1CO. The van der Waals surface area contributed by atoms with Crippen LogP contribution >= 0.6 is 0 Å². The molecule has 0 spiro atoms. The lowest BCUT2D eigenvalue weighted by Gasteiger charge is -2.09. The Balaban J connectivity index is 2.21. The Hall–Kier alpha value is -1.61. The van der Waals surface area contributed by atoms with Crippen molar-refractivity contribution in [2.24, 2.45) is 0 Å². The van der Waals surface area contributed by atoms with Crippen molar-refractivity contribution >= 4 is 10.9 Å². The topological polar surface area (TPSA) is 53.1 Å². The van der Waals surface area contributed by atoms with Crippen LogP contribution in [-0.2, 0) is 13.0 Å². The van der Waals surface area contributed by atoms with Gasteiger partial charge in [0, 0.05) is 22.2 Å². The van der Waals surface area contributed by atoms with E-state index in [4.69, 9.17) is 0 Å². The number of unbranched alkanes of at least 4 members (excludes halogenated alkanes) is 4. The number of nitrogens with one attached hydrogen (secondary N) is 1. The number of fused-ring (bicyclic) bond motifs is 1. The van der Waals surface area contributed by atoms with E-state index in [-0.39, 0.29) is 12.0 Å². The predicted octanol–water partition coefficient (Wildman–Crippen LogP) is 3.53. The molecule has 108 valence electrons. The van der Waals surface area contributed by atoms with Crippen molar-refractivity contribution in [1.29, 1.82) is 0 Å². The lowest BCUT2D eigenvalue weighted by atomic mass is 10.0. The first-order valence-corrected chi connectivity index (χ1v) is 7.51. The predicted molar refractivity (Wildman–Crippen MR) is 83.0 cm³/mol. The summed E-state index contributed by atoms with van der Waals surface area (Å²) in [7, 11) is 0. The summed E-state index contributed by atoms with van der Waals surface area (Å²) in [6, 6.07) is 7.49.